The third-order valence-corrected chi connectivity index (χ3v) is 7.42. The molecule has 2 amide bonds. The van der Waals surface area contributed by atoms with E-state index in [2.05, 4.69) is 85.1 Å². The number of alkyl carbamates (subject to hydrolysis) is 2. The van der Waals surface area contributed by atoms with Crippen LogP contribution >= 0.6 is 11.8 Å². The lowest BCUT2D eigenvalue weighted by Crippen LogP contribution is -2.54. The molecule has 9 heteroatoms. The highest BCUT2D eigenvalue weighted by molar-refractivity contribution is 7.99. The molecule has 202 valence electrons. The number of para-hydroxylation sites is 2. The molecule has 2 unspecified atom stereocenters. The van der Waals surface area contributed by atoms with E-state index in [0.29, 0.717) is 17.6 Å². The number of benzene rings is 2. The third-order valence-electron chi connectivity index (χ3n) is 6.29. The molecule has 0 saturated heterocycles. The average Bonchev–Trinajstić information content (AvgIpc) is 2.83. The largest absolute Gasteiger partial charge is 0.444 e. The molecular weight excluding hydrogens is 488 g/mol. The van der Waals surface area contributed by atoms with E-state index in [0.717, 1.165) is 6.54 Å². The second-order valence-corrected chi connectivity index (χ2v) is 12.3. The fraction of sp³-hybridized carbons (Fsp3) is 0.500. The van der Waals surface area contributed by atoms with Crippen molar-refractivity contribution in [2.75, 3.05) is 45.4 Å². The first-order chi connectivity index (χ1) is 17.4. The number of carbonyl (C=O) groups is 2. The maximum absolute atomic E-state index is 12.4. The Morgan fingerprint density at radius 3 is 1.97 bits per heavy atom. The summed E-state index contributed by atoms with van der Waals surface area (Å²) in [5.74, 6) is 0.0265. The first-order valence-electron chi connectivity index (χ1n) is 12.7. The number of quaternary nitrogens is 1. The molecule has 0 saturated carbocycles. The molecule has 2 atom stereocenters. The Morgan fingerprint density at radius 2 is 1.43 bits per heavy atom. The van der Waals surface area contributed by atoms with E-state index in [1.54, 1.807) is 11.8 Å². The molecule has 1 aliphatic heterocycles. The Bertz CT molecular complexity index is 1040. The van der Waals surface area contributed by atoms with Gasteiger partial charge in [-0.15, -0.1) is 0 Å². The normalized spacial score (nSPS) is 14.6. The van der Waals surface area contributed by atoms with Crippen molar-refractivity contribution in [1.82, 2.24) is 10.6 Å². The van der Waals surface area contributed by atoms with E-state index < -0.39 is 17.8 Å². The molecule has 0 aromatic heterocycles. The summed E-state index contributed by atoms with van der Waals surface area (Å²) in [5, 5.41) is 5.52. The summed E-state index contributed by atoms with van der Waals surface area (Å²) in [4.78, 5) is 29.0. The van der Waals surface area contributed by atoms with Crippen LogP contribution in [0.25, 0.3) is 0 Å². The van der Waals surface area contributed by atoms with Gasteiger partial charge in [0.05, 0.1) is 32.0 Å². The minimum atomic E-state index is -0.544. The first-order valence-corrected chi connectivity index (χ1v) is 13.5. The standard InChI is InChI=1S/C28H40N4O4S/c1-20(17-30-27(34)36-28(3,4)5)16-29-26(33)35-19-32(6,7)21(2)18-31-22-12-8-10-14-24(22)37-25-15-11-9-13-23(25)31/h8-15,20-21H,16-19H2,1-7H3,(H-,29,30,33,34)/p+1. The van der Waals surface area contributed by atoms with Crippen molar-refractivity contribution in [3.8, 4) is 0 Å². The van der Waals surface area contributed by atoms with E-state index in [-0.39, 0.29) is 18.7 Å². The summed E-state index contributed by atoms with van der Waals surface area (Å²) in [7, 11) is 4.14. The Balaban J connectivity index is 1.49. The van der Waals surface area contributed by atoms with Crippen LogP contribution in [-0.2, 0) is 9.47 Å². The molecule has 2 aromatic rings. The van der Waals surface area contributed by atoms with Crippen LogP contribution in [0.4, 0.5) is 21.0 Å². The number of rotatable bonds is 9. The molecule has 3 rings (SSSR count). The Labute approximate surface area is 225 Å². The lowest BCUT2D eigenvalue weighted by Gasteiger charge is -2.40. The van der Waals surface area contributed by atoms with E-state index in [1.807, 2.05) is 27.7 Å². The maximum atomic E-state index is 12.4. The van der Waals surface area contributed by atoms with Crippen LogP contribution in [0.5, 0.6) is 0 Å². The highest BCUT2D eigenvalue weighted by Gasteiger charge is 2.31. The van der Waals surface area contributed by atoms with Gasteiger partial charge in [0, 0.05) is 22.9 Å². The van der Waals surface area contributed by atoms with Crippen molar-refractivity contribution in [3.63, 3.8) is 0 Å². The van der Waals surface area contributed by atoms with Gasteiger partial charge in [-0.1, -0.05) is 43.0 Å². The molecule has 8 nitrogen and oxygen atoms in total. The molecule has 2 aromatic carbocycles. The van der Waals surface area contributed by atoms with E-state index >= 15 is 0 Å². The molecule has 0 bridgehead atoms. The number of nitrogens with one attached hydrogen (secondary N) is 2. The fourth-order valence-corrected chi connectivity index (χ4v) is 4.86. The molecule has 2 N–H and O–H groups in total. The lowest BCUT2D eigenvalue weighted by molar-refractivity contribution is -0.927. The highest BCUT2D eigenvalue weighted by Crippen LogP contribution is 2.47. The van der Waals surface area contributed by atoms with Gasteiger partial charge < -0.3 is 25.0 Å². The van der Waals surface area contributed by atoms with Crippen LogP contribution in [0.2, 0.25) is 0 Å². The van der Waals surface area contributed by atoms with Gasteiger partial charge in [0.25, 0.3) is 0 Å². The van der Waals surface area contributed by atoms with Gasteiger partial charge in [0.2, 0.25) is 6.73 Å². The van der Waals surface area contributed by atoms with Crippen LogP contribution in [0, 0.1) is 5.92 Å². The fourth-order valence-electron chi connectivity index (χ4n) is 3.77. The summed E-state index contributed by atoms with van der Waals surface area (Å²) in [5.41, 5.74) is 1.86. The number of anilines is 2. The van der Waals surface area contributed by atoms with Crippen molar-refractivity contribution < 1.29 is 23.5 Å². The number of nitrogens with zero attached hydrogens (tertiary/aromatic N) is 2. The average molecular weight is 530 g/mol. The summed E-state index contributed by atoms with van der Waals surface area (Å²) in [6, 6.07) is 17.1. The van der Waals surface area contributed by atoms with Gasteiger partial charge in [-0.3, -0.25) is 4.48 Å². The third kappa shape index (κ3) is 8.30. The zero-order valence-corrected chi connectivity index (χ0v) is 23.9. The minimum absolute atomic E-state index is 0.0265. The van der Waals surface area contributed by atoms with Gasteiger partial charge in [0.1, 0.15) is 11.6 Å². The molecule has 0 spiro atoms. The number of hydrogen-bond acceptors (Lipinski definition) is 6. The first kappa shape index (κ1) is 28.7. The predicted molar refractivity (Wildman–Crippen MR) is 148 cm³/mol. The predicted octanol–water partition coefficient (Wildman–Crippen LogP) is 5.60. The van der Waals surface area contributed by atoms with Crippen molar-refractivity contribution in [3.05, 3.63) is 48.5 Å². The van der Waals surface area contributed by atoms with Crippen molar-refractivity contribution in [1.29, 1.82) is 0 Å². The second kappa shape index (κ2) is 12.1. The Morgan fingerprint density at radius 1 is 0.919 bits per heavy atom. The van der Waals surface area contributed by atoms with Crippen molar-refractivity contribution >= 4 is 35.3 Å². The topological polar surface area (TPSA) is 79.9 Å². The van der Waals surface area contributed by atoms with Gasteiger partial charge in [-0.25, -0.2) is 9.59 Å². The Hall–Kier alpha value is -2.91. The number of ether oxygens (including phenoxy) is 2. The van der Waals surface area contributed by atoms with Crippen LogP contribution < -0.4 is 15.5 Å². The molecule has 1 heterocycles. The smallest absolute Gasteiger partial charge is 0.411 e. The van der Waals surface area contributed by atoms with Crippen LogP contribution in [0.3, 0.4) is 0 Å². The lowest BCUT2D eigenvalue weighted by atomic mass is 10.1. The van der Waals surface area contributed by atoms with Crippen LogP contribution in [-0.4, -0.2) is 68.8 Å². The maximum Gasteiger partial charge on any atom is 0.411 e. The molecule has 37 heavy (non-hydrogen) atoms. The molecule has 0 radical (unpaired) electrons. The molecule has 0 fully saturated rings. The van der Waals surface area contributed by atoms with Crippen LogP contribution in [0.15, 0.2) is 58.3 Å². The van der Waals surface area contributed by atoms with E-state index in [4.69, 9.17) is 9.47 Å². The van der Waals surface area contributed by atoms with E-state index in [1.165, 1.54) is 21.2 Å². The Kier molecular flexibility index (Phi) is 9.36. The van der Waals surface area contributed by atoms with Gasteiger partial charge >= 0.3 is 12.2 Å². The van der Waals surface area contributed by atoms with Gasteiger partial charge in [-0.05, 0) is 57.9 Å². The van der Waals surface area contributed by atoms with Crippen molar-refractivity contribution in [2.24, 2.45) is 5.92 Å². The number of carbonyl (C=O) groups excluding carboxylic acids is 2. The second-order valence-electron chi connectivity index (χ2n) is 11.2. The zero-order valence-electron chi connectivity index (χ0n) is 23.0. The monoisotopic (exact) mass is 529 g/mol. The highest BCUT2D eigenvalue weighted by atomic mass is 32.2. The summed E-state index contributed by atoms with van der Waals surface area (Å²) >= 11 is 1.80. The van der Waals surface area contributed by atoms with Crippen molar-refractivity contribution in [2.45, 2.75) is 56.1 Å². The number of hydrogen-bond donors (Lipinski definition) is 2. The molecule has 1 aliphatic rings. The number of likely N-dealkylation sites (N-methyl/N-ethyl adjacent to an activating group) is 1. The number of amides is 2. The van der Waals surface area contributed by atoms with Gasteiger partial charge in [-0.2, -0.15) is 0 Å². The molecule has 0 aliphatic carbocycles. The van der Waals surface area contributed by atoms with Gasteiger partial charge in [0.15, 0.2) is 0 Å². The quantitative estimate of drug-likeness (QED) is 0.325. The SMILES string of the molecule is CC(CNC(=O)OC[N+](C)(C)C(C)CN1c2ccccc2Sc2ccccc21)CNC(=O)OC(C)(C)C. The summed E-state index contributed by atoms with van der Waals surface area (Å²) in [6.07, 6.45) is -0.930. The van der Waals surface area contributed by atoms with E-state index in [9.17, 15) is 9.59 Å². The summed E-state index contributed by atoms with van der Waals surface area (Å²) in [6.45, 7) is 11.4. The molecular formula is C28H41N4O4S+. The zero-order chi connectivity index (χ0) is 27.2. The summed E-state index contributed by atoms with van der Waals surface area (Å²) < 4.78 is 11.3. The number of fused-ring (bicyclic) bond motifs is 2. The van der Waals surface area contributed by atoms with Crippen LogP contribution in [0.1, 0.15) is 34.6 Å². The minimum Gasteiger partial charge on any atom is -0.444 e.